The van der Waals surface area contributed by atoms with Gasteiger partial charge < -0.3 is 37.3 Å². The Hall–Kier alpha value is -1.55. The van der Waals surface area contributed by atoms with Crippen LogP contribution in [0.1, 0.15) is 60.8 Å². The highest BCUT2D eigenvalue weighted by Crippen LogP contribution is 2.02. The van der Waals surface area contributed by atoms with Crippen molar-refractivity contribution >= 4 is 18.1 Å². The molecule has 2 amide bonds. The zero-order chi connectivity index (χ0) is 23.0. The quantitative estimate of drug-likeness (QED) is 0.262. The third-order valence-electron chi connectivity index (χ3n) is 3.13. The number of hydrogen-bond donors (Lipinski definition) is 6. The molecule has 9 heteroatoms. The lowest BCUT2D eigenvalue weighted by Gasteiger charge is -2.14. The predicted octanol–water partition coefficient (Wildman–Crippen LogP) is 0.395. The normalized spacial score (nSPS) is 11.0. The van der Waals surface area contributed by atoms with Crippen molar-refractivity contribution in [2.75, 3.05) is 34.3 Å². The van der Waals surface area contributed by atoms with Gasteiger partial charge in [0.25, 0.3) is 0 Å². The summed E-state index contributed by atoms with van der Waals surface area (Å²) in [6.07, 6.45) is 4.38. The SMILES string of the molecule is C.CCCN.CCC[C@H](NC)C(N)=O.CNCC(=O)NC(C=O)CC(C)C.CO. The van der Waals surface area contributed by atoms with Crippen LogP contribution in [0.15, 0.2) is 0 Å². The number of aliphatic hydroxyl groups is 1. The molecule has 0 aromatic carbocycles. The number of aldehydes is 1. The van der Waals surface area contributed by atoms with Gasteiger partial charge in [-0.3, -0.25) is 9.59 Å². The fraction of sp³-hybridized carbons (Fsp3) is 0.850. The van der Waals surface area contributed by atoms with E-state index in [0.717, 1.165) is 39.2 Å². The number of nitrogens with two attached hydrogens (primary N) is 2. The third kappa shape index (κ3) is 34.4. The highest BCUT2D eigenvalue weighted by atomic mass is 16.2. The third-order valence-corrected chi connectivity index (χ3v) is 3.13. The number of carbonyl (C=O) groups excluding carboxylic acids is 3. The van der Waals surface area contributed by atoms with Crippen LogP contribution in [0.4, 0.5) is 0 Å². The van der Waals surface area contributed by atoms with Gasteiger partial charge in [-0.2, -0.15) is 0 Å². The molecule has 178 valence electrons. The summed E-state index contributed by atoms with van der Waals surface area (Å²) >= 11 is 0. The number of primary amides is 1. The van der Waals surface area contributed by atoms with E-state index in [1.807, 2.05) is 20.8 Å². The summed E-state index contributed by atoms with van der Waals surface area (Å²) in [6, 6.07) is -0.490. The molecule has 9 nitrogen and oxygen atoms in total. The fourth-order valence-electron chi connectivity index (χ4n) is 1.79. The summed E-state index contributed by atoms with van der Waals surface area (Å²) in [5.74, 6) is 0.00434. The Kier molecular flexibility index (Phi) is 40.9. The number of carbonyl (C=O) groups is 3. The lowest BCUT2D eigenvalue weighted by Crippen LogP contribution is -2.41. The maximum Gasteiger partial charge on any atom is 0.234 e. The molecule has 2 atom stereocenters. The highest BCUT2D eigenvalue weighted by molar-refractivity contribution is 5.81. The molecule has 0 heterocycles. The van der Waals surface area contributed by atoms with E-state index in [1.165, 1.54) is 0 Å². The first-order valence-corrected chi connectivity index (χ1v) is 9.74. The van der Waals surface area contributed by atoms with Crippen LogP contribution >= 0.6 is 0 Å². The average molecular weight is 424 g/mol. The fourth-order valence-corrected chi connectivity index (χ4v) is 1.79. The van der Waals surface area contributed by atoms with Gasteiger partial charge >= 0.3 is 0 Å². The van der Waals surface area contributed by atoms with Gasteiger partial charge in [0.2, 0.25) is 11.8 Å². The second-order valence-corrected chi connectivity index (χ2v) is 6.29. The first-order chi connectivity index (χ1) is 13.2. The van der Waals surface area contributed by atoms with Crippen LogP contribution in [0.3, 0.4) is 0 Å². The molecule has 0 rings (SSSR count). The van der Waals surface area contributed by atoms with Gasteiger partial charge in [0.1, 0.15) is 6.29 Å². The van der Waals surface area contributed by atoms with Crippen LogP contribution in [0.5, 0.6) is 0 Å². The van der Waals surface area contributed by atoms with Crippen molar-refractivity contribution in [3.8, 4) is 0 Å². The molecule has 0 aliphatic rings. The van der Waals surface area contributed by atoms with Crippen molar-refractivity contribution in [3.63, 3.8) is 0 Å². The lowest BCUT2D eigenvalue weighted by molar-refractivity contribution is -0.123. The molecule has 0 aromatic heterocycles. The summed E-state index contributed by atoms with van der Waals surface area (Å²) in [5.41, 5.74) is 10.1. The number of hydrogen-bond acceptors (Lipinski definition) is 7. The van der Waals surface area contributed by atoms with Gasteiger partial charge in [0.05, 0.1) is 18.6 Å². The Morgan fingerprint density at radius 2 is 1.59 bits per heavy atom. The van der Waals surface area contributed by atoms with Crippen LogP contribution in [0.2, 0.25) is 0 Å². The topological polar surface area (TPSA) is 160 Å². The number of aliphatic hydroxyl groups excluding tert-OH is 1. The van der Waals surface area contributed by atoms with E-state index in [9.17, 15) is 14.4 Å². The van der Waals surface area contributed by atoms with E-state index < -0.39 is 0 Å². The van der Waals surface area contributed by atoms with E-state index in [1.54, 1.807) is 14.1 Å². The van der Waals surface area contributed by atoms with E-state index in [2.05, 4.69) is 22.9 Å². The molecule has 0 radical (unpaired) electrons. The molecule has 0 aliphatic heterocycles. The molecule has 0 spiro atoms. The van der Waals surface area contributed by atoms with E-state index in [-0.39, 0.29) is 37.9 Å². The molecule has 0 saturated heterocycles. The minimum atomic E-state index is -0.346. The van der Waals surface area contributed by atoms with Gasteiger partial charge in [0, 0.05) is 7.11 Å². The van der Waals surface area contributed by atoms with Crippen LogP contribution in [-0.4, -0.2) is 69.6 Å². The van der Waals surface area contributed by atoms with Crippen molar-refractivity contribution < 1.29 is 19.5 Å². The summed E-state index contributed by atoms with van der Waals surface area (Å²) in [5, 5.41) is 15.2. The zero-order valence-corrected chi connectivity index (χ0v) is 18.9. The van der Waals surface area contributed by atoms with Gasteiger partial charge in [-0.25, -0.2) is 0 Å². The Bertz CT molecular complexity index is 354. The van der Waals surface area contributed by atoms with Gasteiger partial charge in [-0.05, 0) is 45.8 Å². The van der Waals surface area contributed by atoms with Crippen molar-refractivity contribution in [2.24, 2.45) is 17.4 Å². The first kappa shape index (κ1) is 38.1. The minimum absolute atomic E-state index is 0. The molecule has 0 aliphatic carbocycles. The van der Waals surface area contributed by atoms with Gasteiger partial charge in [0.15, 0.2) is 0 Å². The molecule has 8 N–H and O–H groups in total. The van der Waals surface area contributed by atoms with Gasteiger partial charge in [-0.1, -0.05) is 41.5 Å². The number of likely N-dealkylation sites (N-methyl/N-ethyl adjacent to an activating group) is 2. The molecule has 1 unspecified atom stereocenters. The lowest BCUT2D eigenvalue weighted by atomic mass is 10.1. The second-order valence-electron chi connectivity index (χ2n) is 6.29. The summed E-state index contributed by atoms with van der Waals surface area (Å²) < 4.78 is 0. The predicted molar refractivity (Wildman–Crippen MR) is 123 cm³/mol. The van der Waals surface area contributed by atoms with Crippen molar-refractivity contribution in [3.05, 3.63) is 0 Å². The average Bonchev–Trinajstić information content (AvgIpc) is 2.67. The first-order valence-electron chi connectivity index (χ1n) is 9.74. The summed E-state index contributed by atoms with van der Waals surface area (Å²) in [4.78, 5) is 32.1. The van der Waals surface area contributed by atoms with Crippen LogP contribution in [0, 0.1) is 5.92 Å². The Labute approximate surface area is 178 Å². The van der Waals surface area contributed by atoms with E-state index in [0.29, 0.717) is 12.3 Å². The molecule has 0 bridgehead atoms. The maximum absolute atomic E-state index is 11.1. The Balaban J connectivity index is -0.000000105. The molecule has 0 aromatic rings. The smallest absolute Gasteiger partial charge is 0.234 e. The zero-order valence-electron chi connectivity index (χ0n) is 18.9. The van der Waals surface area contributed by atoms with Crippen molar-refractivity contribution in [2.45, 2.75) is 72.9 Å². The molecule has 29 heavy (non-hydrogen) atoms. The van der Waals surface area contributed by atoms with Crippen LogP contribution < -0.4 is 27.4 Å². The van der Waals surface area contributed by atoms with E-state index in [4.69, 9.17) is 16.6 Å². The minimum Gasteiger partial charge on any atom is -0.400 e. The van der Waals surface area contributed by atoms with Crippen molar-refractivity contribution in [1.29, 1.82) is 0 Å². The largest absolute Gasteiger partial charge is 0.400 e. The summed E-state index contributed by atoms with van der Waals surface area (Å²) in [6.45, 7) is 9.18. The standard InChI is InChI=1S/C9H18N2O2.C6H14N2O.C3H9N.CH4O.CH4/c1-7(2)4-8(6-12)11-9(13)5-10-3;1-3-4-5(8-2)6(7)9;1-2-3-4;1-2;/h6-8,10H,4-5H2,1-3H3,(H,11,13);5,8H,3-4H2,1-2H3,(H2,7,9);2-4H2,1H3;2H,1H3;1H4/t;5-;;;/m.0.../s1. The number of amides is 2. The Morgan fingerprint density at radius 1 is 1.10 bits per heavy atom. The summed E-state index contributed by atoms with van der Waals surface area (Å²) in [7, 11) is 4.43. The molecular weight excluding hydrogens is 374 g/mol. The van der Waals surface area contributed by atoms with Crippen molar-refractivity contribution in [1.82, 2.24) is 16.0 Å². The Morgan fingerprint density at radius 3 is 1.79 bits per heavy atom. The second kappa shape index (κ2) is 31.2. The molecule has 0 saturated carbocycles. The monoisotopic (exact) mass is 423 g/mol. The van der Waals surface area contributed by atoms with E-state index >= 15 is 0 Å². The number of rotatable bonds is 11. The van der Waals surface area contributed by atoms with Crippen LogP contribution in [-0.2, 0) is 14.4 Å². The molecular formula is C20H49N5O4. The van der Waals surface area contributed by atoms with Gasteiger partial charge in [-0.15, -0.1) is 0 Å². The highest BCUT2D eigenvalue weighted by Gasteiger charge is 2.11. The molecule has 0 fully saturated rings. The maximum atomic E-state index is 11.1. The van der Waals surface area contributed by atoms with Crippen LogP contribution in [0.25, 0.3) is 0 Å². The number of nitrogens with one attached hydrogen (secondary N) is 3.